The predicted molar refractivity (Wildman–Crippen MR) is 74.7 cm³/mol. The fraction of sp³-hybridized carbons (Fsp3) is 0.533. The van der Waals surface area contributed by atoms with Gasteiger partial charge < -0.3 is 9.80 Å². The molecule has 1 aromatic carbocycles. The van der Waals surface area contributed by atoms with Gasteiger partial charge in [0.05, 0.1) is 5.69 Å². The second-order valence-corrected chi connectivity index (χ2v) is 5.12. The number of likely N-dealkylation sites (N-methyl/N-ethyl adjacent to an activating group) is 1. The summed E-state index contributed by atoms with van der Waals surface area (Å²) in [5.41, 5.74) is 0.912. The average molecular weight is 261 g/mol. The average Bonchev–Trinajstić information content (AvgIpc) is 2.59. The maximum atomic E-state index is 13.8. The molecular formula is C15H20FN3. The highest BCUT2D eigenvalue weighted by atomic mass is 19.1. The summed E-state index contributed by atoms with van der Waals surface area (Å²) >= 11 is 0. The van der Waals surface area contributed by atoms with Crippen molar-refractivity contribution in [3.8, 4) is 6.07 Å². The Labute approximate surface area is 114 Å². The van der Waals surface area contributed by atoms with Crippen molar-refractivity contribution in [2.45, 2.75) is 25.8 Å². The largest absolute Gasteiger partial charge is 0.366 e. The van der Waals surface area contributed by atoms with Crippen molar-refractivity contribution in [2.75, 3.05) is 31.6 Å². The molecule has 0 bridgehead atoms. The zero-order chi connectivity index (χ0) is 13.8. The highest BCUT2D eigenvalue weighted by Gasteiger charge is 2.24. The maximum Gasteiger partial charge on any atom is 0.143 e. The first-order valence-electron chi connectivity index (χ1n) is 6.81. The molecule has 0 saturated carbocycles. The molecule has 1 saturated heterocycles. The summed E-state index contributed by atoms with van der Waals surface area (Å²) in [6.45, 7) is 5.02. The fourth-order valence-corrected chi connectivity index (χ4v) is 2.77. The van der Waals surface area contributed by atoms with Crippen LogP contribution in [0.15, 0.2) is 18.2 Å². The lowest BCUT2D eigenvalue weighted by atomic mass is 10.1. The Bertz CT molecular complexity index is 481. The van der Waals surface area contributed by atoms with Gasteiger partial charge in [-0.1, -0.05) is 13.0 Å². The molecule has 4 heteroatoms. The molecule has 0 aromatic heterocycles. The van der Waals surface area contributed by atoms with Crippen molar-refractivity contribution in [3.05, 3.63) is 29.6 Å². The first-order valence-corrected chi connectivity index (χ1v) is 6.81. The molecule has 1 aliphatic heterocycles. The van der Waals surface area contributed by atoms with Crippen LogP contribution in [0.2, 0.25) is 0 Å². The minimum Gasteiger partial charge on any atom is -0.366 e. The van der Waals surface area contributed by atoms with Crippen LogP contribution in [0.3, 0.4) is 0 Å². The van der Waals surface area contributed by atoms with Crippen molar-refractivity contribution in [1.29, 1.82) is 5.26 Å². The molecule has 1 aromatic rings. The van der Waals surface area contributed by atoms with Crippen LogP contribution in [0.4, 0.5) is 10.1 Å². The van der Waals surface area contributed by atoms with Gasteiger partial charge in [-0.3, -0.25) is 0 Å². The molecule has 1 heterocycles. The Hall–Kier alpha value is -1.60. The highest BCUT2D eigenvalue weighted by Crippen LogP contribution is 2.27. The summed E-state index contributed by atoms with van der Waals surface area (Å²) in [4.78, 5) is 4.50. The van der Waals surface area contributed by atoms with E-state index in [1.807, 2.05) is 12.1 Å². The third-order valence-electron chi connectivity index (χ3n) is 3.79. The molecule has 102 valence electrons. The number of hydrogen-bond donors (Lipinski definition) is 0. The van der Waals surface area contributed by atoms with E-state index in [0.29, 0.717) is 6.04 Å². The van der Waals surface area contributed by atoms with E-state index in [1.54, 1.807) is 6.07 Å². The summed E-state index contributed by atoms with van der Waals surface area (Å²) < 4.78 is 13.8. The SMILES string of the molecule is CCC1CN(C)CCCN1c1cccc(F)c1C#N. The van der Waals surface area contributed by atoms with Crippen LogP contribution in [0.5, 0.6) is 0 Å². The van der Waals surface area contributed by atoms with Crippen LogP contribution in [0.1, 0.15) is 25.3 Å². The molecule has 3 nitrogen and oxygen atoms in total. The van der Waals surface area contributed by atoms with Gasteiger partial charge in [0.1, 0.15) is 17.4 Å². The van der Waals surface area contributed by atoms with Gasteiger partial charge >= 0.3 is 0 Å². The highest BCUT2D eigenvalue weighted by molar-refractivity contribution is 5.60. The molecule has 1 aliphatic rings. The van der Waals surface area contributed by atoms with Crippen LogP contribution < -0.4 is 4.90 Å². The van der Waals surface area contributed by atoms with E-state index in [1.165, 1.54) is 6.07 Å². The lowest BCUT2D eigenvalue weighted by Gasteiger charge is -2.32. The molecule has 1 fully saturated rings. The number of halogens is 1. The minimum absolute atomic E-state index is 0.172. The van der Waals surface area contributed by atoms with Crippen molar-refractivity contribution < 1.29 is 4.39 Å². The molecule has 1 unspecified atom stereocenters. The lowest BCUT2D eigenvalue weighted by Crippen LogP contribution is -2.40. The first-order chi connectivity index (χ1) is 9.17. The molecule has 19 heavy (non-hydrogen) atoms. The van der Waals surface area contributed by atoms with Crippen molar-refractivity contribution in [2.24, 2.45) is 0 Å². The summed E-state index contributed by atoms with van der Waals surface area (Å²) in [6.07, 6.45) is 2.03. The Morgan fingerprint density at radius 3 is 2.89 bits per heavy atom. The number of rotatable bonds is 2. The van der Waals surface area contributed by atoms with Gasteiger partial charge in [-0.25, -0.2) is 4.39 Å². The lowest BCUT2D eigenvalue weighted by molar-refractivity contribution is 0.328. The standard InChI is InChI=1S/C15H20FN3/c1-3-12-11-18(2)8-5-9-19(12)15-7-4-6-14(16)13(15)10-17/h4,6-7,12H,3,5,8-9,11H2,1-2H3. The van der Waals surface area contributed by atoms with Crippen LogP contribution in [0.25, 0.3) is 0 Å². The van der Waals surface area contributed by atoms with Gasteiger partial charge in [0.15, 0.2) is 0 Å². The quantitative estimate of drug-likeness (QED) is 0.820. The second-order valence-electron chi connectivity index (χ2n) is 5.12. The molecular weight excluding hydrogens is 241 g/mol. The van der Waals surface area contributed by atoms with Gasteiger partial charge in [0.2, 0.25) is 0 Å². The first kappa shape index (κ1) is 13.8. The van der Waals surface area contributed by atoms with Crippen LogP contribution in [0, 0.1) is 17.1 Å². The molecule has 1 atom stereocenters. The normalized spacial score (nSPS) is 20.9. The van der Waals surface area contributed by atoms with Gasteiger partial charge in [0, 0.05) is 19.1 Å². The van der Waals surface area contributed by atoms with Crippen LogP contribution in [-0.4, -0.2) is 37.6 Å². The summed E-state index contributed by atoms with van der Waals surface area (Å²) in [6, 6.07) is 7.24. The van der Waals surface area contributed by atoms with Gasteiger partial charge in [-0.15, -0.1) is 0 Å². The zero-order valence-corrected chi connectivity index (χ0v) is 11.6. The van der Waals surface area contributed by atoms with Gasteiger partial charge in [-0.2, -0.15) is 5.26 Å². The summed E-state index contributed by atoms with van der Waals surface area (Å²) in [7, 11) is 2.11. The van der Waals surface area contributed by atoms with E-state index in [-0.39, 0.29) is 5.56 Å². The number of nitriles is 1. The van der Waals surface area contributed by atoms with E-state index in [9.17, 15) is 9.65 Å². The predicted octanol–water partition coefficient (Wildman–Crippen LogP) is 2.62. The van der Waals surface area contributed by atoms with Crippen molar-refractivity contribution >= 4 is 5.69 Å². The van der Waals surface area contributed by atoms with Crippen LogP contribution in [-0.2, 0) is 0 Å². The molecule has 0 aliphatic carbocycles. The van der Waals surface area contributed by atoms with Crippen molar-refractivity contribution in [3.63, 3.8) is 0 Å². The third kappa shape index (κ3) is 2.87. The van der Waals surface area contributed by atoms with Gasteiger partial charge in [0.25, 0.3) is 0 Å². The molecule has 0 radical (unpaired) electrons. The van der Waals surface area contributed by atoms with E-state index < -0.39 is 5.82 Å². The number of anilines is 1. The molecule has 2 rings (SSSR count). The molecule has 0 N–H and O–H groups in total. The van der Waals surface area contributed by atoms with E-state index in [4.69, 9.17) is 0 Å². The number of benzene rings is 1. The summed E-state index contributed by atoms with van der Waals surface area (Å²) in [5.74, 6) is -0.424. The smallest absolute Gasteiger partial charge is 0.143 e. The third-order valence-corrected chi connectivity index (χ3v) is 3.79. The molecule has 0 amide bonds. The monoisotopic (exact) mass is 261 g/mol. The topological polar surface area (TPSA) is 30.3 Å². The van der Waals surface area contributed by atoms with Crippen LogP contribution >= 0.6 is 0 Å². The second kappa shape index (κ2) is 6.03. The fourth-order valence-electron chi connectivity index (χ4n) is 2.77. The zero-order valence-electron chi connectivity index (χ0n) is 11.6. The Morgan fingerprint density at radius 1 is 1.42 bits per heavy atom. The number of hydrogen-bond acceptors (Lipinski definition) is 3. The maximum absolute atomic E-state index is 13.8. The Kier molecular flexibility index (Phi) is 4.39. The van der Waals surface area contributed by atoms with Gasteiger partial charge in [-0.05, 0) is 38.6 Å². The molecule has 0 spiro atoms. The Morgan fingerprint density at radius 2 is 2.21 bits per heavy atom. The Balaban J connectivity index is 2.38. The summed E-state index contributed by atoms with van der Waals surface area (Å²) in [5, 5.41) is 9.18. The van der Waals surface area contributed by atoms with E-state index in [2.05, 4.69) is 23.8 Å². The number of nitrogens with zero attached hydrogens (tertiary/aromatic N) is 3. The van der Waals surface area contributed by atoms with E-state index in [0.717, 1.165) is 38.2 Å². The minimum atomic E-state index is -0.424. The van der Waals surface area contributed by atoms with E-state index >= 15 is 0 Å². The van der Waals surface area contributed by atoms with Crippen molar-refractivity contribution in [1.82, 2.24) is 4.90 Å².